The number of amides is 2. The number of likely N-dealkylation sites (N-methyl/N-ethyl adjacent to an activating group) is 1. The van der Waals surface area contributed by atoms with Crippen LogP contribution in [-0.4, -0.2) is 29.3 Å². The van der Waals surface area contributed by atoms with Crippen molar-refractivity contribution >= 4 is 35.0 Å². The van der Waals surface area contributed by atoms with E-state index in [9.17, 15) is 9.59 Å². The van der Waals surface area contributed by atoms with Crippen molar-refractivity contribution in [1.29, 1.82) is 0 Å². The molecule has 0 fully saturated rings. The summed E-state index contributed by atoms with van der Waals surface area (Å²) in [7, 11) is 0. The first-order valence-electron chi connectivity index (χ1n) is 10.5. The quantitative estimate of drug-likeness (QED) is 0.526. The van der Waals surface area contributed by atoms with E-state index in [1.807, 2.05) is 13.8 Å². The molecule has 1 unspecified atom stereocenters. The van der Waals surface area contributed by atoms with Crippen LogP contribution in [0, 0.1) is 0 Å². The van der Waals surface area contributed by atoms with E-state index in [4.69, 9.17) is 23.2 Å². The Hall–Kier alpha value is -2.04. The summed E-state index contributed by atoms with van der Waals surface area (Å²) in [5.41, 5.74) is 3.15. The Balaban J connectivity index is 2.21. The van der Waals surface area contributed by atoms with Crippen molar-refractivity contribution in [1.82, 2.24) is 10.2 Å². The molecule has 162 valence electrons. The van der Waals surface area contributed by atoms with Crippen molar-refractivity contribution in [3.8, 4) is 0 Å². The molecule has 0 saturated heterocycles. The van der Waals surface area contributed by atoms with Crippen molar-refractivity contribution in [3.05, 3.63) is 69.2 Å². The maximum atomic E-state index is 13.2. The van der Waals surface area contributed by atoms with E-state index >= 15 is 0 Å². The molecule has 30 heavy (non-hydrogen) atoms. The van der Waals surface area contributed by atoms with Crippen LogP contribution in [0.4, 0.5) is 0 Å². The predicted octanol–water partition coefficient (Wildman–Crippen LogP) is 5.43. The number of hydrogen-bond donors (Lipinski definition) is 1. The van der Waals surface area contributed by atoms with Crippen LogP contribution >= 0.6 is 23.2 Å². The molecule has 0 aliphatic heterocycles. The van der Waals surface area contributed by atoms with Gasteiger partial charge in [-0.05, 0) is 55.0 Å². The second-order valence-corrected chi connectivity index (χ2v) is 8.09. The van der Waals surface area contributed by atoms with Gasteiger partial charge < -0.3 is 10.2 Å². The molecule has 1 N–H and O–H groups in total. The van der Waals surface area contributed by atoms with Crippen molar-refractivity contribution in [3.63, 3.8) is 0 Å². The molecule has 2 amide bonds. The molecule has 6 heteroatoms. The van der Waals surface area contributed by atoms with Gasteiger partial charge >= 0.3 is 0 Å². The molecule has 0 aromatic heterocycles. The standard InChI is InChI=1S/C24H30Cl2N2O2/c1-4-17-7-9-18(10-8-17)11-14-23(29)28(22(5-2)24(30)27-6-3)16-19-12-13-20(25)15-21(19)26/h7-10,12-13,15,22H,4-6,11,14,16H2,1-3H3,(H,27,30). The molecule has 0 aliphatic carbocycles. The number of aryl methyl sites for hydroxylation is 2. The average Bonchev–Trinajstić information content (AvgIpc) is 2.74. The van der Waals surface area contributed by atoms with Gasteiger partial charge in [0.05, 0.1) is 0 Å². The molecule has 0 spiro atoms. The van der Waals surface area contributed by atoms with Crippen LogP contribution in [0.3, 0.4) is 0 Å². The van der Waals surface area contributed by atoms with Gasteiger partial charge in [0.25, 0.3) is 0 Å². The SMILES string of the molecule is CCNC(=O)C(CC)N(Cc1ccc(Cl)cc1Cl)C(=O)CCc1ccc(CC)cc1. The highest BCUT2D eigenvalue weighted by Crippen LogP contribution is 2.24. The van der Waals surface area contributed by atoms with Crippen LogP contribution in [0.25, 0.3) is 0 Å². The minimum atomic E-state index is -0.549. The van der Waals surface area contributed by atoms with Crippen LogP contribution in [0.15, 0.2) is 42.5 Å². The van der Waals surface area contributed by atoms with Crippen LogP contribution in [-0.2, 0) is 29.0 Å². The minimum absolute atomic E-state index is 0.0707. The van der Waals surface area contributed by atoms with Gasteiger partial charge in [-0.15, -0.1) is 0 Å². The Morgan fingerprint density at radius 3 is 2.23 bits per heavy atom. The molecule has 0 heterocycles. The zero-order valence-corrected chi connectivity index (χ0v) is 19.4. The van der Waals surface area contributed by atoms with Gasteiger partial charge in [-0.25, -0.2) is 0 Å². The van der Waals surface area contributed by atoms with Crippen molar-refractivity contribution < 1.29 is 9.59 Å². The van der Waals surface area contributed by atoms with E-state index in [1.54, 1.807) is 23.1 Å². The molecule has 0 bridgehead atoms. The summed E-state index contributed by atoms with van der Waals surface area (Å²) >= 11 is 12.4. The van der Waals surface area contributed by atoms with E-state index in [0.717, 1.165) is 17.5 Å². The number of nitrogens with one attached hydrogen (secondary N) is 1. The van der Waals surface area contributed by atoms with E-state index in [2.05, 4.69) is 36.5 Å². The van der Waals surface area contributed by atoms with Gasteiger partial charge in [0.2, 0.25) is 11.8 Å². The van der Waals surface area contributed by atoms with Gasteiger partial charge in [-0.2, -0.15) is 0 Å². The number of carbonyl (C=O) groups is 2. The van der Waals surface area contributed by atoms with E-state index in [0.29, 0.717) is 35.9 Å². The molecule has 2 aromatic carbocycles. The lowest BCUT2D eigenvalue weighted by molar-refractivity contribution is -0.141. The van der Waals surface area contributed by atoms with Crippen LogP contribution in [0.2, 0.25) is 10.0 Å². The van der Waals surface area contributed by atoms with Crippen LogP contribution in [0.1, 0.15) is 50.3 Å². The molecule has 2 rings (SSSR count). The molecule has 2 aromatic rings. The predicted molar refractivity (Wildman–Crippen MR) is 124 cm³/mol. The smallest absolute Gasteiger partial charge is 0.242 e. The molecular formula is C24H30Cl2N2O2. The highest BCUT2D eigenvalue weighted by atomic mass is 35.5. The number of nitrogens with zero attached hydrogens (tertiary/aromatic N) is 1. The summed E-state index contributed by atoms with van der Waals surface area (Å²) in [5, 5.41) is 3.86. The molecular weight excluding hydrogens is 419 g/mol. The maximum absolute atomic E-state index is 13.2. The fourth-order valence-corrected chi connectivity index (χ4v) is 3.85. The summed E-state index contributed by atoms with van der Waals surface area (Å²) in [6.45, 7) is 6.67. The third kappa shape index (κ3) is 6.75. The second-order valence-electron chi connectivity index (χ2n) is 7.25. The number of benzene rings is 2. The first-order chi connectivity index (χ1) is 14.4. The first-order valence-corrected chi connectivity index (χ1v) is 11.2. The molecule has 0 aliphatic rings. The Morgan fingerprint density at radius 2 is 1.67 bits per heavy atom. The zero-order chi connectivity index (χ0) is 22.1. The monoisotopic (exact) mass is 448 g/mol. The molecule has 0 radical (unpaired) electrons. The van der Waals surface area contributed by atoms with E-state index in [-0.39, 0.29) is 18.4 Å². The summed E-state index contributed by atoms with van der Waals surface area (Å²) in [5.74, 6) is -0.218. The lowest BCUT2D eigenvalue weighted by atomic mass is 10.0. The highest BCUT2D eigenvalue weighted by molar-refractivity contribution is 6.35. The van der Waals surface area contributed by atoms with Gasteiger partial charge in [-0.3, -0.25) is 9.59 Å². The van der Waals surface area contributed by atoms with E-state index < -0.39 is 6.04 Å². The third-order valence-electron chi connectivity index (χ3n) is 5.15. The topological polar surface area (TPSA) is 49.4 Å². The summed E-state index contributed by atoms with van der Waals surface area (Å²) < 4.78 is 0. The zero-order valence-electron chi connectivity index (χ0n) is 17.9. The van der Waals surface area contributed by atoms with Crippen LogP contribution in [0.5, 0.6) is 0 Å². The van der Waals surface area contributed by atoms with Gasteiger partial charge in [0, 0.05) is 29.6 Å². The number of halogens is 2. The summed E-state index contributed by atoms with van der Waals surface area (Å²) in [4.78, 5) is 27.5. The Labute approximate surface area is 189 Å². The van der Waals surface area contributed by atoms with Crippen molar-refractivity contribution in [2.75, 3.05) is 6.54 Å². The first kappa shape index (κ1) is 24.2. The van der Waals surface area contributed by atoms with Gasteiger partial charge in [0.15, 0.2) is 0 Å². The lowest BCUT2D eigenvalue weighted by Gasteiger charge is -2.31. The summed E-state index contributed by atoms with van der Waals surface area (Å²) in [6, 6.07) is 13.0. The largest absolute Gasteiger partial charge is 0.355 e. The number of carbonyl (C=O) groups excluding carboxylic acids is 2. The Kier molecular flexibility index (Phi) is 9.67. The second kappa shape index (κ2) is 12.0. The lowest BCUT2D eigenvalue weighted by Crippen LogP contribution is -2.49. The molecule has 1 atom stereocenters. The fraction of sp³-hybridized carbons (Fsp3) is 0.417. The Morgan fingerprint density at radius 1 is 1.00 bits per heavy atom. The van der Waals surface area contributed by atoms with Crippen molar-refractivity contribution in [2.24, 2.45) is 0 Å². The maximum Gasteiger partial charge on any atom is 0.242 e. The van der Waals surface area contributed by atoms with Crippen LogP contribution < -0.4 is 5.32 Å². The van der Waals surface area contributed by atoms with E-state index in [1.165, 1.54) is 5.56 Å². The highest BCUT2D eigenvalue weighted by Gasteiger charge is 2.28. The van der Waals surface area contributed by atoms with Gasteiger partial charge in [0.1, 0.15) is 6.04 Å². The fourth-order valence-electron chi connectivity index (χ4n) is 3.38. The molecule has 4 nitrogen and oxygen atoms in total. The average molecular weight is 449 g/mol. The number of hydrogen-bond acceptors (Lipinski definition) is 2. The minimum Gasteiger partial charge on any atom is -0.355 e. The third-order valence-corrected chi connectivity index (χ3v) is 5.74. The van der Waals surface area contributed by atoms with Gasteiger partial charge in [-0.1, -0.05) is 67.4 Å². The summed E-state index contributed by atoms with van der Waals surface area (Å²) in [6.07, 6.45) is 2.46. The molecule has 0 saturated carbocycles. The number of rotatable bonds is 10. The van der Waals surface area contributed by atoms with Crippen molar-refractivity contribution in [2.45, 2.75) is 59.0 Å². The normalized spacial score (nSPS) is 11.8. The Bertz CT molecular complexity index is 853.